The lowest BCUT2D eigenvalue weighted by Gasteiger charge is -2.11. The number of halogens is 2. The van der Waals surface area contributed by atoms with Gasteiger partial charge in [0.05, 0.1) is 5.56 Å². The summed E-state index contributed by atoms with van der Waals surface area (Å²) >= 11 is 0. The molecule has 0 unspecified atom stereocenters. The van der Waals surface area contributed by atoms with Crippen LogP contribution in [-0.2, 0) is 0 Å². The van der Waals surface area contributed by atoms with E-state index in [1.54, 1.807) is 19.9 Å². The Kier molecular flexibility index (Phi) is 3.34. The van der Waals surface area contributed by atoms with Crippen LogP contribution in [-0.4, -0.2) is 11.1 Å². The minimum absolute atomic E-state index is 0.0694. The number of carbonyl (C=O) groups is 1. The summed E-state index contributed by atoms with van der Waals surface area (Å²) in [7, 11) is 0. The summed E-state index contributed by atoms with van der Waals surface area (Å²) in [6.07, 6.45) is 0. The number of benzene rings is 2. The third kappa shape index (κ3) is 2.47. The molecule has 0 saturated heterocycles. The molecule has 2 rings (SSSR count). The van der Waals surface area contributed by atoms with Gasteiger partial charge in [-0.25, -0.2) is 13.6 Å². The number of hydrogen-bond acceptors (Lipinski definition) is 1. The monoisotopic (exact) mass is 262 g/mol. The maximum absolute atomic E-state index is 13.8. The van der Waals surface area contributed by atoms with Crippen molar-refractivity contribution in [2.45, 2.75) is 13.8 Å². The average Bonchev–Trinajstić information content (AvgIpc) is 2.32. The van der Waals surface area contributed by atoms with Crippen molar-refractivity contribution in [1.29, 1.82) is 0 Å². The molecule has 0 aliphatic rings. The molecule has 0 aromatic heterocycles. The lowest BCUT2D eigenvalue weighted by molar-refractivity contribution is 0.0696. The molecule has 0 aliphatic carbocycles. The van der Waals surface area contributed by atoms with Crippen molar-refractivity contribution in [1.82, 2.24) is 0 Å². The lowest BCUT2D eigenvalue weighted by Crippen LogP contribution is -2.02. The zero-order chi connectivity index (χ0) is 14.2. The number of carboxylic acid groups (broad SMARTS) is 1. The van der Waals surface area contributed by atoms with Crippen LogP contribution in [0.25, 0.3) is 11.1 Å². The highest BCUT2D eigenvalue weighted by Crippen LogP contribution is 2.29. The van der Waals surface area contributed by atoms with Crippen LogP contribution in [0.2, 0.25) is 0 Å². The summed E-state index contributed by atoms with van der Waals surface area (Å²) < 4.78 is 27.0. The smallest absolute Gasteiger partial charge is 0.335 e. The third-order valence-corrected chi connectivity index (χ3v) is 3.02. The molecule has 0 atom stereocenters. The first kappa shape index (κ1) is 13.2. The molecular weight excluding hydrogens is 250 g/mol. The first-order valence-electron chi connectivity index (χ1n) is 5.70. The maximum atomic E-state index is 13.8. The fourth-order valence-corrected chi connectivity index (χ4v) is 2.08. The lowest BCUT2D eigenvalue weighted by atomic mass is 9.94. The Morgan fingerprint density at radius 3 is 2.32 bits per heavy atom. The topological polar surface area (TPSA) is 37.3 Å². The molecule has 4 heteroatoms. The van der Waals surface area contributed by atoms with E-state index < -0.39 is 17.6 Å². The fraction of sp³-hybridized carbons (Fsp3) is 0.133. The van der Waals surface area contributed by atoms with Crippen LogP contribution in [0.3, 0.4) is 0 Å². The molecule has 0 heterocycles. The summed E-state index contributed by atoms with van der Waals surface area (Å²) in [5.41, 5.74) is 1.84. The number of aromatic carboxylic acids is 1. The number of rotatable bonds is 2. The Hall–Kier alpha value is -2.23. The molecule has 1 N–H and O–H groups in total. The summed E-state index contributed by atoms with van der Waals surface area (Å²) in [6.45, 7) is 3.40. The van der Waals surface area contributed by atoms with E-state index in [1.165, 1.54) is 6.07 Å². The van der Waals surface area contributed by atoms with E-state index in [-0.39, 0.29) is 11.1 Å². The van der Waals surface area contributed by atoms with Crippen LogP contribution in [0.15, 0.2) is 30.3 Å². The number of aryl methyl sites for hydroxylation is 2. The van der Waals surface area contributed by atoms with E-state index in [0.717, 1.165) is 18.2 Å². The van der Waals surface area contributed by atoms with E-state index in [0.29, 0.717) is 16.7 Å². The summed E-state index contributed by atoms with van der Waals surface area (Å²) in [6, 6.07) is 6.16. The maximum Gasteiger partial charge on any atom is 0.335 e. The highest BCUT2D eigenvalue weighted by atomic mass is 19.1. The van der Waals surface area contributed by atoms with E-state index in [1.807, 2.05) is 0 Å². The Morgan fingerprint density at radius 1 is 1.00 bits per heavy atom. The fourth-order valence-electron chi connectivity index (χ4n) is 2.08. The quantitative estimate of drug-likeness (QED) is 0.889. The predicted octanol–water partition coefficient (Wildman–Crippen LogP) is 3.95. The average molecular weight is 262 g/mol. The standard InChI is InChI=1S/C15H12F2O2/c1-8-5-9(2)12(15(18)19)7-11(8)13-6-10(16)3-4-14(13)17/h3-7H,1-2H3,(H,18,19). The van der Waals surface area contributed by atoms with Gasteiger partial charge in [-0.2, -0.15) is 0 Å². The molecule has 2 aromatic rings. The van der Waals surface area contributed by atoms with E-state index in [9.17, 15) is 13.6 Å². The van der Waals surface area contributed by atoms with Crippen molar-refractivity contribution < 1.29 is 18.7 Å². The molecule has 98 valence electrons. The predicted molar refractivity (Wildman–Crippen MR) is 68.2 cm³/mol. The molecule has 19 heavy (non-hydrogen) atoms. The zero-order valence-electron chi connectivity index (χ0n) is 10.5. The minimum atomic E-state index is -1.09. The first-order valence-corrected chi connectivity index (χ1v) is 5.70. The molecule has 0 fully saturated rings. The summed E-state index contributed by atoms with van der Waals surface area (Å²) in [4.78, 5) is 11.1. The molecule has 0 radical (unpaired) electrons. The van der Waals surface area contributed by atoms with Crippen molar-refractivity contribution in [3.8, 4) is 11.1 Å². The summed E-state index contributed by atoms with van der Waals surface area (Å²) in [5.74, 6) is -2.23. The molecule has 0 aliphatic heterocycles. The van der Waals surface area contributed by atoms with Gasteiger partial charge in [0.1, 0.15) is 11.6 Å². The van der Waals surface area contributed by atoms with Crippen molar-refractivity contribution in [2.75, 3.05) is 0 Å². The molecule has 0 bridgehead atoms. The van der Waals surface area contributed by atoms with Gasteiger partial charge in [-0.3, -0.25) is 0 Å². The van der Waals surface area contributed by atoms with Crippen LogP contribution in [0.5, 0.6) is 0 Å². The van der Waals surface area contributed by atoms with Gasteiger partial charge in [-0.1, -0.05) is 6.07 Å². The minimum Gasteiger partial charge on any atom is -0.478 e. The largest absolute Gasteiger partial charge is 0.478 e. The van der Waals surface area contributed by atoms with Crippen LogP contribution in [0.4, 0.5) is 8.78 Å². The highest BCUT2D eigenvalue weighted by molar-refractivity contribution is 5.91. The van der Waals surface area contributed by atoms with Gasteiger partial charge in [-0.15, -0.1) is 0 Å². The molecule has 0 saturated carbocycles. The SMILES string of the molecule is Cc1cc(C)c(-c2cc(F)ccc2F)cc1C(=O)O. The second-order valence-electron chi connectivity index (χ2n) is 4.41. The van der Waals surface area contributed by atoms with Crippen LogP contribution < -0.4 is 0 Å². The van der Waals surface area contributed by atoms with Gasteiger partial charge >= 0.3 is 5.97 Å². The first-order chi connectivity index (χ1) is 8.90. The molecule has 0 amide bonds. The van der Waals surface area contributed by atoms with Gasteiger partial charge in [0.25, 0.3) is 0 Å². The van der Waals surface area contributed by atoms with Gasteiger partial charge in [0.15, 0.2) is 0 Å². The second kappa shape index (κ2) is 4.80. The Labute approximate surface area is 109 Å². The second-order valence-corrected chi connectivity index (χ2v) is 4.41. The van der Waals surface area contributed by atoms with Crippen LogP contribution in [0.1, 0.15) is 21.5 Å². The summed E-state index contributed by atoms with van der Waals surface area (Å²) in [5, 5.41) is 9.08. The molecule has 2 aromatic carbocycles. The van der Waals surface area contributed by atoms with Gasteiger partial charge in [0.2, 0.25) is 0 Å². The van der Waals surface area contributed by atoms with E-state index in [4.69, 9.17) is 5.11 Å². The number of carboxylic acids is 1. The molecule has 2 nitrogen and oxygen atoms in total. The van der Waals surface area contributed by atoms with Crippen molar-refractivity contribution in [3.05, 3.63) is 58.7 Å². The Balaban J connectivity index is 2.71. The van der Waals surface area contributed by atoms with Crippen molar-refractivity contribution in [3.63, 3.8) is 0 Å². The van der Waals surface area contributed by atoms with E-state index in [2.05, 4.69) is 0 Å². The molecular formula is C15H12F2O2. The van der Waals surface area contributed by atoms with Gasteiger partial charge < -0.3 is 5.11 Å². The van der Waals surface area contributed by atoms with Crippen LogP contribution in [0, 0.1) is 25.5 Å². The van der Waals surface area contributed by atoms with Crippen molar-refractivity contribution in [2.24, 2.45) is 0 Å². The normalized spacial score (nSPS) is 10.5. The third-order valence-electron chi connectivity index (χ3n) is 3.02. The van der Waals surface area contributed by atoms with Crippen molar-refractivity contribution >= 4 is 5.97 Å². The Morgan fingerprint density at radius 2 is 1.68 bits per heavy atom. The van der Waals surface area contributed by atoms with Gasteiger partial charge in [-0.05, 0) is 54.8 Å². The molecule has 0 spiro atoms. The van der Waals surface area contributed by atoms with Gasteiger partial charge in [0, 0.05) is 5.56 Å². The zero-order valence-corrected chi connectivity index (χ0v) is 10.5. The Bertz CT molecular complexity index is 663. The van der Waals surface area contributed by atoms with Crippen LogP contribution >= 0.6 is 0 Å². The van der Waals surface area contributed by atoms with E-state index >= 15 is 0 Å². The highest BCUT2D eigenvalue weighted by Gasteiger charge is 2.14. The number of hydrogen-bond donors (Lipinski definition) is 1.